The monoisotopic (exact) mass is 529 g/mol. The van der Waals surface area contributed by atoms with Crippen LogP contribution in [0.4, 0.5) is 25.3 Å². The van der Waals surface area contributed by atoms with Gasteiger partial charge in [-0.05, 0) is 30.8 Å². The van der Waals surface area contributed by atoms with Crippen LogP contribution in [0.1, 0.15) is 22.8 Å². The minimum absolute atomic E-state index is 0.149. The Kier molecular flexibility index (Phi) is 9.24. The van der Waals surface area contributed by atoms with Gasteiger partial charge in [-0.3, -0.25) is 9.00 Å². The van der Waals surface area contributed by atoms with Gasteiger partial charge in [0, 0.05) is 53.5 Å². The molecule has 0 aliphatic rings. The lowest BCUT2D eigenvalue weighted by atomic mass is 10.1. The summed E-state index contributed by atoms with van der Waals surface area (Å²) in [5.74, 6) is -2.44. The maximum atomic E-state index is 14.7. The Bertz CT molecular complexity index is 1170. The molecule has 3 rings (SSSR count). The molecular formula is C20H20ClF2N6O3S2-. The van der Waals surface area contributed by atoms with Crippen LogP contribution in [0, 0.1) is 11.6 Å². The van der Waals surface area contributed by atoms with Crippen molar-refractivity contribution >= 4 is 56.8 Å². The highest BCUT2D eigenvalue weighted by Gasteiger charge is 2.21. The first-order valence-electron chi connectivity index (χ1n) is 9.98. The zero-order chi connectivity index (χ0) is 24.7. The zero-order valence-corrected chi connectivity index (χ0v) is 20.2. The summed E-state index contributed by atoms with van der Waals surface area (Å²) in [7, 11) is 0. The molecule has 182 valence electrons. The average Bonchev–Trinajstić information content (AvgIpc) is 3.32. The molecule has 0 fully saturated rings. The van der Waals surface area contributed by atoms with Gasteiger partial charge in [0.25, 0.3) is 5.91 Å². The molecule has 0 saturated heterocycles. The fraction of sp³-hybridized carbons (Fsp3) is 0.250. The highest BCUT2D eigenvalue weighted by Crippen LogP contribution is 2.31. The van der Waals surface area contributed by atoms with Crippen molar-refractivity contribution in [3.63, 3.8) is 0 Å². The van der Waals surface area contributed by atoms with E-state index in [1.54, 1.807) is 12.1 Å². The summed E-state index contributed by atoms with van der Waals surface area (Å²) >= 11 is 3.78. The minimum atomic E-state index is -2.96. The highest BCUT2D eigenvalue weighted by atomic mass is 35.5. The van der Waals surface area contributed by atoms with Crippen LogP contribution in [-0.2, 0) is 17.8 Å². The van der Waals surface area contributed by atoms with Crippen LogP contribution in [0.3, 0.4) is 0 Å². The molecule has 14 heteroatoms. The average molecular weight is 530 g/mol. The number of amides is 1. The quantitative estimate of drug-likeness (QED) is 0.257. The Labute approximate surface area is 206 Å². The van der Waals surface area contributed by atoms with Gasteiger partial charge in [0.2, 0.25) is 5.13 Å². The molecule has 3 N–H and O–H groups in total. The standard InChI is InChI=1S/C20H21ClF2N6O3S2/c1-2-24-5-6-25-17-8-13(21)3-4-14(17)19(30)26-10-12-7-16(23)18(9-15(12)22)29(34(31)32)20-27-11-28-33-20/h3-4,7-9,11,24-25H,2,5-6,10H2,1H3,(H,26,30)(H,31,32)/p-1. The Morgan fingerprint density at radius 2 is 2.03 bits per heavy atom. The summed E-state index contributed by atoms with van der Waals surface area (Å²) in [6.07, 6.45) is 1.10. The molecule has 0 aliphatic heterocycles. The highest BCUT2D eigenvalue weighted by molar-refractivity contribution is 7.81. The molecule has 9 nitrogen and oxygen atoms in total. The van der Waals surface area contributed by atoms with Crippen LogP contribution >= 0.6 is 23.1 Å². The van der Waals surface area contributed by atoms with Gasteiger partial charge in [-0.25, -0.2) is 18.1 Å². The third kappa shape index (κ3) is 6.45. The zero-order valence-electron chi connectivity index (χ0n) is 17.8. The van der Waals surface area contributed by atoms with Crippen LogP contribution in [0.2, 0.25) is 5.02 Å². The Morgan fingerprint density at radius 1 is 1.24 bits per heavy atom. The summed E-state index contributed by atoms with van der Waals surface area (Å²) in [5, 5.41) is 9.09. The van der Waals surface area contributed by atoms with E-state index in [0.717, 1.165) is 25.0 Å². The first-order chi connectivity index (χ1) is 16.3. The molecule has 1 amide bonds. The largest absolute Gasteiger partial charge is 0.755 e. The number of halogens is 3. The second kappa shape index (κ2) is 12.1. The SMILES string of the molecule is CCNCCNc1cc(Cl)ccc1C(=O)NCc1cc(F)c(N(c2ncns2)S(=O)[O-])cc1F. The first kappa shape index (κ1) is 25.9. The van der Waals surface area contributed by atoms with Crippen molar-refractivity contribution in [3.05, 3.63) is 64.4 Å². The fourth-order valence-electron chi connectivity index (χ4n) is 2.97. The fourth-order valence-corrected chi connectivity index (χ4v) is 4.35. The van der Waals surface area contributed by atoms with Crippen molar-refractivity contribution < 1.29 is 22.3 Å². The van der Waals surface area contributed by atoms with Crippen molar-refractivity contribution in [2.75, 3.05) is 29.3 Å². The number of carbonyl (C=O) groups is 1. The molecule has 0 saturated carbocycles. The molecule has 1 heterocycles. The third-order valence-electron chi connectivity index (χ3n) is 4.54. The van der Waals surface area contributed by atoms with Crippen molar-refractivity contribution in [1.82, 2.24) is 20.0 Å². The van der Waals surface area contributed by atoms with E-state index in [2.05, 4.69) is 25.3 Å². The van der Waals surface area contributed by atoms with E-state index < -0.39 is 34.5 Å². The summed E-state index contributed by atoms with van der Waals surface area (Å²) in [6, 6.07) is 6.22. The summed E-state index contributed by atoms with van der Waals surface area (Å²) in [4.78, 5) is 16.4. The lowest BCUT2D eigenvalue weighted by Crippen LogP contribution is -2.26. The lowest BCUT2D eigenvalue weighted by Gasteiger charge is -2.24. The topological polar surface area (TPSA) is 122 Å². The predicted octanol–water partition coefficient (Wildman–Crippen LogP) is 3.35. The van der Waals surface area contributed by atoms with E-state index in [1.807, 2.05) is 6.92 Å². The Balaban J connectivity index is 1.75. The number of hydrogen-bond acceptors (Lipinski definition) is 8. The molecule has 1 aromatic heterocycles. The third-order valence-corrected chi connectivity index (χ3v) is 6.21. The van der Waals surface area contributed by atoms with E-state index in [4.69, 9.17) is 11.6 Å². The second-order valence-corrected chi connectivity index (χ2v) is 8.78. The second-order valence-electron chi connectivity index (χ2n) is 6.78. The van der Waals surface area contributed by atoms with Crippen molar-refractivity contribution in [3.8, 4) is 0 Å². The number of anilines is 3. The molecule has 1 unspecified atom stereocenters. The molecule has 0 radical (unpaired) electrons. The van der Waals surface area contributed by atoms with Gasteiger partial charge in [0.1, 0.15) is 18.0 Å². The maximum absolute atomic E-state index is 14.7. The van der Waals surface area contributed by atoms with Gasteiger partial charge in [0.05, 0.1) is 22.5 Å². The Hall–Kier alpha value is -2.71. The molecule has 2 aromatic carbocycles. The normalized spacial score (nSPS) is 11.8. The summed E-state index contributed by atoms with van der Waals surface area (Å²) < 4.78 is 56.8. The van der Waals surface area contributed by atoms with Crippen molar-refractivity contribution in [2.24, 2.45) is 0 Å². The number of likely N-dealkylation sites (N-methyl/N-ethyl adjacent to an activating group) is 1. The van der Waals surface area contributed by atoms with E-state index in [0.29, 0.717) is 39.6 Å². The molecule has 0 spiro atoms. The number of nitrogens with one attached hydrogen (secondary N) is 3. The lowest BCUT2D eigenvalue weighted by molar-refractivity contribution is 0.0951. The molecule has 0 aliphatic carbocycles. The number of benzene rings is 2. The van der Waals surface area contributed by atoms with Crippen LogP contribution in [0.5, 0.6) is 0 Å². The van der Waals surface area contributed by atoms with Gasteiger partial charge < -0.3 is 20.5 Å². The predicted molar refractivity (Wildman–Crippen MR) is 127 cm³/mol. The smallest absolute Gasteiger partial charge is 0.253 e. The number of rotatable bonds is 11. The summed E-state index contributed by atoms with van der Waals surface area (Å²) in [6.45, 7) is 3.65. The van der Waals surface area contributed by atoms with Crippen LogP contribution in [0.25, 0.3) is 0 Å². The van der Waals surface area contributed by atoms with E-state index >= 15 is 0 Å². The molecule has 0 bridgehead atoms. The van der Waals surface area contributed by atoms with Gasteiger partial charge in [-0.1, -0.05) is 18.5 Å². The van der Waals surface area contributed by atoms with Crippen LogP contribution in [0.15, 0.2) is 36.7 Å². The van der Waals surface area contributed by atoms with E-state index in [-0.39, 0.29) is 22.8 Å². The van der Waals surface area contributed by atoms with Gasteiger partial charge in [0.15, 0.2) is 0 Å². The van der Waals surface area contributed by atoms with Gasteiger partial charge in [-0.15, -0.1) is 0 Å². The molecule has 1 atom stereocenters. The van der Waals surface area contributed by atoms with Gasteiger partial charge >= 0.3 is 0 Å². The number of hydrogen-bond donors (Lipinski definition) is 3. The number of nitrogens with zero attached hydrogens (tertiary/aromatic N) is 3. The van der Waals surface area contributed by atoms with Crippen molar-refractivity contribution in [1.29, 1.82) is 0 Å². The van der Waals surface area contributed by atoms with Gasteiger partial charge in [-0.2, -0.15) is 4.37 Å². The molecule has 3 aromatic rings. The molecular weight excluding hydrogens is 510 g/mol. The van der Waals surface area contributed by atoms with Crippen molar-refractivity contribution in [2.45, 2.75) is 13.5 Å². The summed E-state index contributed by atoms with van der Waals surface area (Å²) in [5.41, 5.74) is 0.0553. The minimum Gasteiger partial charge on any atom is -0.755 e. The number of aromatic nitrogens is 2. The number of carbonyl (C=O) groups excluding carboxylic acids is 1. The van der Waals surface area contributed by atoms with E-state index in [9.17, 15) is 22.3 Å². The van der Waals surface area contributed by atoms with Crippen LogP contribution in [-0.4, -0.2) is 43.7 Å². The maximum Gasteiger partial charge on any atom is 0.253 e. The van der Waals surface area contributed by atoms with E-state index in [1.165, 1.54) is 6.07 Å². The Morgan fingerprint density at radius 3 is 2.71 bits per heavy atom. The first-order valence-corrected chi connectivity index (χ1v) is 12.2. The van der Waals surface area contributed by atoms with Crippen LogP contribution < -0.4 is 20.3 Å². The molecule has 34 heavy (non-hydrogen) atoms.